The number of pyridine rings is 1. The minimum atomic E-state index is 0.139. The molecule has 0 saturated heterocycles. The second-order valence-corrected chi connectivity index (χ2v) is 5.45. The molecule has 2 aromatic carbocycles. The smallest absolute Gasteiger partial charge is 0.143 e. The van der Waals surface area contributed by atoms with Crippen LogP contribution in [0, 0.1) is 0 Å². The van der Waals surface area contributed by atoms with E-state index in [0.29, 0.717) is 17.9 Å². The molecule has 0 unspecified atom stereocenters. The Hall–Kier alpha value is -2.19. The van der Waals surface area contributed by atoms with Crippen molar-refractivity contribution in [2.24, 2.45) is 0 Å². The van der Waals surface area contributed by atoms with Gasteiger partial charge in [-0.25, -0.2) is 0 Å². The van der Waals surface area contributed by atoms with Gasteiger partial charge in [-0.1, -0.05) is 48.0 Å². The van der Waals surface area contributed by atoms with E-state index < -0.39 is 0 Å². The van der Waals surface area contributed by atoms with Crippen molar-refractivity contribution >= 4 is 28.3 Å². The fraction of sp³-hybridized carbons (Fsp3) is 0.111. The molecule has 0 radical (unpaired) electrons. The third-order valence-corrected chi connectivity index (χ3v) is 3.56. The van der Waals surface area contributed by atoms with Crippen molar-refractivity contribution in [1.82, 2.24) is 4.98 Å². The number of aromatic nitrogens is 1. The second-order valence-electron chi connectivity index (χ2n) is 5.02. The third-order valence-electron chi connectivity index (χ3n) is 3.32. The fourth-order valence-corrected chi connectivity index (χ4v) is 2.56. The molecule has 1 aromatic heterocycles. The zero-order valence-corrected chi connectivity index (χ0v) is 12.2. The van der Waals surface area contributed by atoms with Crippen LogP contribution in [0.5, 0.6) is 0 Å². The summed E-state index contributed by atoms with van der Waals surface area (Å²) >= 11 is 5.93. The number of Topliss-reactive ketones (excluding diaryl/α,β-unsaturated/α-hetero) is 1. The van der Waals surface area contributed by atoms with Gasteiger partial charge in [0, 0.05) is 28.9 Å². The maximum atomic E-state index is 12.1. The quantitative estimate of drug-likeness (QED) is 0.720. The Morgan fingerprint density at radius 3 is 2.67 bits per heavy atom. The Morgan fingerprint density at radius 1 is 0.952 bits per heavy atom. The van der Waals surface area contributed by atoms with Crippen molar-refractivity contribution in [3.8, 4) is 0 Å². The zero-order valence-electron chi connectivity index (χ0n) is 11.4. The lowest BCUT2D eigenvalue weighted by Crippen LogP contribution is -2.07. The highest BCUT2D eigenvalue weighted by Gasteiger charge is 2.07. The lowest BCUT2D eigenvalue weighted by molar-refractivity contribution is -0.117. The minimum absolute atomic E-state index is 0.139. The third kappa shape index (κ3) is 3.47. The van der Waals surface area contributed by atoms with Crippen LogP contribution in [0.15, 0.2) is 60.7 Å². The predicted octanol–water partition coefficient (Wildman–Crippen LogP) is 4.24. The van der Waals surface area contributed by atoms with Gasteiger partial charge in [0.25, 0.3) is 0 Å². The van der Waals surface area contributed by atoms with Gasteiger partial charge in [0.05, 0.1) is 5.52 Å². The number of benzene rings is 2. The number of fused-ring (bicyclic) bond motifs is 1. The predicted molar refractivity (Wildman–Crippen MR) is 85.6 cm³/mol. The van der Waals surface area contributed by atoms with E-state index in [4.69, 9.17) is 11.6 Å². The van der Waals surface area contributed by atoms with Gasteiger partial charge in [-0.2, -0.15) is 0 Å². The number of carbonyl (C=O) groups excluding carboxylic acids is 1. The number of halogens is 1. The molecule has 0 N–H and O–H groups in total. The van der Waals surface area contributed by atoms with Crippen LogP contribution in [0.25, 0.3) is 10.9 Å². The molecule has 0 aliphatic carbocycles. The molecule has 0 atom stereocenters. The highest BCUT2D eigenvalue weighted by atomic mass is 35.5. The molecule has 3 rings (SSSR count). The molecule has 0 bridgehead atoms. The maximum absolute atomic E-state index is 12.1. The number of para-hydroxylation sites is 1. The molecule has 21 heavy (non-hydrogen) atoms. The molecule has 0 spiro atoms. The summed E-state index contributed by atoms with van der Waals surface area (Å²) in [5, 5.41) is 1.74. The van der Waals surface area contributed by atoms with Crippen LogP contribution >= 0.6 is 11.6 Å². The highest BCUT2D eigenvalue weighted by molar-refractivity contribution is 6.30. The summed E-state index contributed by atoms with van der Waals surface area (Å²) in [4.78, 5) is 16.7. The SMILES string of the molecule is O=C(Cc1cccc(Cl)c1)Cc1ccc2ccccc2n1. The average Bonchev–Trinajstić information content (AvgIpc) is 2.47. The van der Waals surface area contributed by atoms with Crippen molar-refractivity contribution in [2.75, 3.05) is 0 Å². The van der Waals surface area contributed by atoms with Gasteiger partial charge in [0.1, 0.15) is 5.78 Å². The van der Waals surface area contributed by atoms with Crippen molar-refractivity contribution in [3.63, 3.8) is 0 Å². The molecular formula is C18H14ClNO. The van der Waals surface area contributed by atoms with E-state index in [-0.39, 0.29) is 5.78 Å². The number of nitrogens with zero attached hydrogens (tertiary/aromatic N) is 1. The molecule has 3 aromatic rings. The summed E-state index contributed by atoms with van der Waals surface area (Å²) in [5.41, 5.74) is 2.67. The van der Waals surface area contributed by atoms with E-state index in [1.807, 2.05) is 54.6 Å². The van der Waals surface area contributed by atoms with Crippen molar-refractivity contribution in [1.29, 1.82) is 0 Å². The molecule has 0 aliphatic rings. The first-order chi connectivity index (χ1) is 10.2. The largest absolute Gasteiger partial charge is 0.299 e. The first kappa shape index (κ1) is 13.8. The second kappa shape index (κ2) is 6.06. The average molecular weight is 296 g/mol. The topological polar surface area (TPSA) is 30.0 Å². The summed E-state index contributed by atoms with van der Waals surface area (Å²) in [6.07, 6.45) is 0.729. The number of hydrogen-bond donors (Lipinski definition) is 0. The van der Waals surface area contributed by atoms with Crippen LogP contribution in [0.2, 0.25) is 5.02 Å². The maximum Gasteiger partial charge on any atom is 0.143 e. The number of hydrogen-bond acceptors (Lipinski definition) is 2. The number of ketones is 1. The van der Waals surface area contributed by atoms with Gasteiger partial charge in [-0.15, -0.1) is 0 Å². The summed E-state index contributed by atoms with van der Waals surface area (Å²) in [6.45, 7) is 0. The molecule has 2 nitrogen and oxygen atoms in total. The Labute approximate surface area is 128 Å². The van der Waals surface area contributed by atoms with Gasteiger partial charge in [0.15, 0.2) is 0 Å². The van der Waals surface area contributed by atoms with Crippen LogP contribution < -0.4 is 0 Å². The molecule has 0 aliphatic heterocycles. The number of rotatable bonds is 4. The van der Waals surface area contributed by atoms with E-state index in [9.17, 15) is 4.79 Å². The van der Waals surface area contributed by atoms with Crippen LogP contribution in [0.4, 0.5) is 0 Å². The molecule has 1 heterocycles. The normalized spacial score (nSPS) is 10.7. The summed E-state index contributed by atoms with van der Waals surface area (Å²) < 4.78 is 0. The van der Waals surface area contributed by atoms with E-state index in [1.165, 1.54) is 0 Å². The highest BCUT2D eigenvalue weighted by Crippen LogP contribution is 2.14. The molecule has 0 saturated carbocycles. The van der Waals surface area contributed by atoms with Gasteiger partial charge in [-0.3, -0.25) is 9.78 Å². The van der Waals surface area contributed by atoms with E-state index >= 15 is 0 Å². The molecule has 3 heteroatoms. The van der Waals surface area contributed by atoms with Gasteiger partial charge in [-0.05, 0) is 29.8 Å². The Bertz CT molecular complexity index is 798. The van der Waals surface area contributed by atoms with Gasteiger partial charge < -0.3 is 0 Å². The molecule has 0 fully saturated rings. The van der Waals surface area contributed by atoms with Crippen molar-refractivity contribution < 1.29 is 4.79 Å². The zero-order chi connectivity index (χ0) is 14.7. The van der Waals surface area contributed by atoms with Gasteiger partial charge >= 0.3 is 0 Å². The first-order valence-electron chi connectivity index (χ1n) is 6.81. The van der Waals surface area contributed by atoms with Crippen LogP contribution in [-0.4, -0.2) is 10.8 Å². The summed E-state index contributed by atoms with van der Waals surface area (Å²) in [6, 6.07) is 19.2. The monoisotopic (exact) mass is 295 g/mol. The summed E-state index contributed by atoms with van der Waals surface area (Å²) in [7, 11) is 0. The Morgan fingerprint density at radius 2 is 1.81 bits per heavy atom. The van der Waals surface area contributed by atoms with E-state index in [0.717, 1.165) is 22.2 Å². The molecule has 0 amide bonds. The number of carbonyl (C=O) groups is 1. The van der Waals surface area contributed by atoms with Crippen molar-refractivity contribution in [2.45, 2.75) is 12.8 Å². The lowest BCUT2D eigenvalue weighted by Gasteiger charge is -2.04. The van der Waals surface area contributed by atoms with Crippen LogP contribution in [0.3, 0.4) is 0 Å². The minimum Gasteiger partial charge on any atom is -0.299 e. The summed E-state index contributed by atoms with van der Waals surface area (Å²) in [5.74, 6) is 0.139. The Kier molecular flexibility index (Phi) is 3.98. The van der Waals surface area contributed by atoms with Crippen LogP contribution in [0.1, 0.15) is 11.3 Å². The molecule has 104 valence electrons. The first-order valence-corrected chi connectivity index (χ1v) is 7.19. The Balaban J connectivity index is 1.74. The van der Waals surface area contributed by atoms with E-state index in [1.54, 1.807) is 6.07 Å². The molecular weight excluding hydrogens is 282 g/mol. The van der Waals surface area contributed by atoms with Crippen molar-refractivity contribution in [3.05, 3.63) is 76.9 Å². The van der Waals surface area contributed by atoms with E-state index in [2.05, 4.69) is 4.98 Å². The van der Waals surface area contributed by atoms with Gasteiger partial charge in [0.2, 0.25) is 0 Å². The fourth-order valence-electron chi connectivity index (χ4n) is 2.35. The lowest BCUT2D eigenvalue weighted by atomic mass is 10.0. The van der Waals surface area contributed by atoms with Crippen LogP contribution in [-0.2, 0) is 17.6 Å². The standard InChI is InChI=1S/C18H14ClNO/c19-15-6-3-4-13(10-15)11-17(21)12-16-9-8-14-5-1-2-7-18(14)20-16/h1-10H,11-12H2.